The Balaban J connectivity index is 1.76. The van der Waals surface area contributed by atoms with Crippen molar-refractivity contribution in [3.05, 3.63) is 29.3 Å². The molecule has 0 amide bonds. The summed E-state index contributed by atoms with van der Waals surface area (Å²) in [5.41, 5.74) is 4.23. The van der Waals surface area contributed by atoms with E-state index in [9.17, 15) is 4.79 Å². The van der Waals surface area contributed by atoms with E-state index in [1.807, 2.05) is 6.92 Å². The smallest absolute Gasteiger partial charge is 0.305 e. The summed E-state index contributed by atoms with van der Waals surface area (Å²) in [4.78, 5) is 16.7. The first kappa shape index (κ1) is 17.3. The van der Waals surface area contributed by atoms with Crippen molar-refractivity contribution in [3.8, 4) is 0 Å². The summed E-state index contributed by atoms with van der Waals surface area (Å²) in [5.74, 6) is 0.521. The van der Waals surface area contributed by atoms with Gasteiger partial charge in [0.05, 0.1) is 6.61 Å². The van der Waals surface area contributed by atoms with Gasteiger partial charge in [0.25, 0.3) is 0 Å². The summed E-state index contributed by atoms with van der Waals surface area (Å²) in [5, 5.41) is 0. The van der Waals surface area contributed by atoms with Gasteiger partial charge in [0, 0.05) is 37.2 Å². The molecule has 0 saturated carbocycles. The molecular formula is C20H30N2O2. The maximum Gasteiger partial charge on any atom is 0.305 e. The minimum absolute atomic E-state index is 0.0713. The Morgan fingerprint density at radius 3 is 3.00 bits per heavy atom. The highest BCUT2D eigenvalue weighted by atomic mass is 16.5. The van der Waals surface area contributed by atoms with Crippen LogP contribution in [-0.4, -0.2) is 50.2 Å². The Bertz CT molecular complexity index is 587. The van der Waals surface area contributed by atoms with Crippen molar-refractivity contribution >= 4 is 11.7 Å². The summed E-state index contributed by atoms with van der Waals surface area (Å²) in [7, 11) is 2.24. The van der Waals surface area contributed by atoms with Crippen LogP contribution in [0.1, 0.15) is 49.7 Å². The predicted molar refractivity (Wildman–Crippen MR) is 97.7 cm³/mol. The molecule has 1 aromatic rings. The lowest BCUT2D eigenvalue weighted by atomic mass is 9.92. The number of anilines is 1. The number of fused-ring (bicyclic) bond motifs is 3. The van der Waals surface area contributed by atoms with Crippen LogP contribution in [0.25, 0.3) is 0 Å². The van der Waals surface area contributed by atoms with Crippen molar-refractivity contribution in [3.63, 3.8) is 0 Å². The van der Waals surface area contributed by atoms with E-state index in [1.165, 1.54) is 36.2 Å². The summed E-state index contributed by atoms with van der Waals surface area (Å²) >= 11 is 0. The van der Waals surface area contributed by atoms with Crippen molar-refractivity contribution in [1.29, 1.82) is 0 Å². The highest BCUT2D eigenvalue weighted by molar-refractivity contribution is 5.69. The van der Waals surface area contributed by atoms with E-state index in [0.717, 1.165) is 19.5 Å². The molecule has 0 aromatic heterocycles. The number of rotatable bonds is 5. The number of carbonyl (C=O) groups excluding carboxylic acids is 1. The average molecular weight is 330 g/mol. The standard InChI is InChI=1S/C20H30N2O2/c1-4-24-20(23)8-6-12-22-18-7-5-11-21(3)14-17(18)16-13-15(2)9-10-19(16)22/h9-10,13,17-18H,4-8,11-12,14H2,1-3H3/t17-,18+/m1/s1. The van der Waals surface area contributed by atoms with E-state index in [4.69, 9.17) is 4.74 Å². The van der Waals surface area contributed by atoms with Crippen LogP contribution in [0, 0.1) is 6.92 Å². The maximum absolute atomic E-state index is 11.6. The fourth-order valence-electron chi connectivity index (χ4n) is 4.32. The molecule has 0 radical (unpaired) electrons. The summed E-state index contributed by atoms with van der Waals surface area (Å²) in [6.45, 7) is 7.78. The molecule has 2 aliphatic rings. The number of ether oxygens (including phenoxy) is 1. The minimum Gasteiger partial charge on any atom is -0.466 e. The topological polar surface area (TPSA) is 32.8 Å². The molecule has 0 N–H and O–H groups in total. The zero-order valence-corrected chi connectivity index (χ0v) is 15.3. The quantitative estimate of drug-likeness (QED) is 0.775. The van der Waals surface area contributed by atoms with Crippen LogP contribution >= 0.6 is 0 Å². The van der Waals surface area contributed by atoms with E-state index >= 15 is 0 Å². The number of carbonyl (C=O) groups is 1. The van der Waals surface area contributed by atoms with Crippen molar-refractivity contribution < 1.29 is 9.53 Å². The van der Waals surface area contributed by atoms with E-state index in [-0.39, 0.29) is 5.97 Å². The first-order chi connectivity index (χ1) is 11.6. The number of likely N-dealkylation sites (N-methyl/N-ethyl adjacent to an activating group) is 1. The molecule has 0 spiro atoms. The van der Waals surface area contributed by atoms with Crippen LogP contribution in [-0.2, 0) is 9.53 Å². The van der Waals surface area contributed by atoms with Crippen LogP contribution in [0.3, 0.4) is 0 Å². The zero-order chi connectivity index (χ0) is 17.1. The minimum atomic E-state index is -0.0713. The van der Waals surface area contributed by atoms with Crippen LogP contribution in [0.5, 0.6) is 0 Å². The lowest BCUT2D eigenvalue weighted by molar-refractivity contribution is -0.143. The van der Waals surface area contributed by atoms with Gasteiger partial charge in [0.1, 0.15) is 0 Å². The van der Waals surface area contributed by atoms with Crippen molar-refractivity contribution in [1.82, 2.24) is 4.90 Å². The fraction of sp³-hybridized carbons (Fsp3) is 0.650. The second-order valence-electron chi connectivity index (χ2n) is 7.24. The lowest BCUT2D eigenvalue weighted by Crippen LogP contribution is -2.36. The number of likely N-dealkylation sites (tertiary alicyclic amines) is 1. The van der Waals surface area contributed by atoms with Gasteiger partial charge in [-0.3, -0.25) is 4.79 Å². The number of hydrogen-bond donors (Lipinski definition) is 0. The SMILES string of the molecule is CCOC(=O)CCCN1c2ccc(C)cc2[C@H]2CN(C)CCC[C@@H]21. The van der Waals surface area contributed by atoms with Gasteiger partial charge < -0.3 is 14.5 Å². The van der Waals surface area contributed by atoms with Gasteiger partial charge >= 0.3 is 5.97 Å². The molecule has 1 fully saturated rings. The summed E-state index contributed by atoms with van der Waals surface area (Å²) in [6.07, 6.45) is 3.87. The molecule has 132 valence electrons. The molecule has 2 heterocycles. The molecule has 1 saturated heterocycles. The Morgan fingerprint density at radius 1 is 1.38 bits per heavy atom. The Labute approximate surface area is 145 Å². The van der Waals surface area contributed by atoms with Gasteiger partial charge in [-0.05, 0) is 58.3 Å². The molecule has 0 aliphatic carbocycles. The van der Waals surface area contributed by atoms with E-state index in [2.05, 4.69) is 42.0 Å². The molecular weight excluding hydrogens is 300 g/mol. The molecule has 0 unspecified atom stereocenters. The van der Waals surface area contributed by atoms with Gasteiger partial charge in [-0.25, -0.2) is 0 Å². The highest BCUT2D eigenvalue weighted by Gasteiger charge is 2.39. The second kappa shape index (κ2) is 7.56. The van der Waals surface area contributed by atoms with Crippen molar-refractivity contribution in [2.24, 2.45) is 0 Å². The van der Waals surface area contributed by atoms with Crippen molar-refractivity contribution in [2.45, 2.75) is 51.5 Å². The lowest BCUT2D eigenvalue weighted by Gasteiger charge is -2.29. The zero-order valence-electron chi connectivity index (χ0n) is 15.3. The fourth-order valence-corrected chi connectivity index (χ4v) is 4.32. The van der Waals surface area contributed by atoms with Gasteiger partial charge in [-0.1, -0.05) is 17.7 Å². The van der Waals surface area contributed by atoms with E-state index in [0.29, 0.717) is 25.0 Å². The number of hydrogen-bond acceptors (Lipinski definition) is 4. The number of nitrogens with zero attached hydrogens (tertiary/aromatic N) is 2. The molecule has 24 heavy (non-hydrogen) atoms. The predicted octanol–water partition coefficient (Wildman–Crippen LogP) is 3.34. The number of esters is 1. The third kappa shape index (κ3) is 3.59. The van der Waals surface area contributed by atoms with Gasteiger partial charge in [0.2, 0.25) is 0 Å². The molecule has 4 heteroatoms. The molecule has 3 rings (SSSR count). The normalized spacial score (nSPS) is 23.5. The first-order valence-electron chi connectivity index (χ1n) is 9.31. The van der Waals surface area contributed by atoms with Crippen molar-refractivity contribution in [2.75, 3.05) is 38.2 Å². The molecule has 0 bridgehead atoms. The van der Waals surface area contributed by atoms with Crippen LogP contribution < -0.4 is 4.90 Å². The number of benzene rings is 1. The first-order valence-corrected chi connectivity index (χ1v) is 9.31. The third-order valence-electron chi connectivity index (χ3n) is 5.39. The summed E-state index contributed by atoms with van der Waals surface area (Å²) < 4.78 is 5.07. The van der Waals surface area contributed by atoms with Gasteiger partial charge in [-0.15, -0.1) is 0 Å². The number of aryl methyl sites for hydroxylation is 1. The Kier molecular flexibility index (Phi) is 5.44. The van der Waals surface area contributed by atoms with Crippen LogP contribution in [0.15, 0.2) is 18.2 Å². The highest BCUT2D eigenvalue weighted by Crippen LogP contribution is 2.44. The molecule has 4 nitrogen and oxygen atoms in total. The van der Waals surface area contributed by atoms with E-state index < -0.39 is 0 Å². The molecule has 2 atom stereocenters. The van der Waals surface area contributed by atoms with Crippen LogP contribution in [0.2, 0.25) is 0 Å². The Hall–Kier alpha value is -1.55. The maximum atomic E-state index is 11.6. The van der Waals surface area contributed by atoms with Gasteiger partial charge in [-0.2, -0.15) is 0 Å². The third-order valence-corrected chi connectivity index (χ3v) is 5.39. The average Bonchev–Trinajstić information content (AvgIpc) is 2.69. The van der Waals surface area contributed by atoms with Crippen LogP contribution in [0.4, 0.5) is 5.69 Å². The molecule has 2 aliphatic heterocycles. The second-order valence-corrected chi connectivity index (χ2v) is 7.24. The van der Waals surface area contributed by atoms with E-state index in [1.54, 1.807) is 0 Å². The summed E-state index contributed by atoms with van der Waals surface area (Å²) in [6, 6.07) is 7.45. The molecule has 1 aromatic carbocycles. The Morgan fingerprint density at radius 2 is 2.21 bits per heavy atom. The monoisotopic (exact) mass is 330 g/mol. The largest absolute Gasteiger partial charge is 0.466 e. The van der Waals surface area contributed by atoms with Gasteiger partial charge in [0.15, 0.2) is 0 Å².